The second-order valence-corrected chi connectivity index (χ2v) is 7.09. The van der Waals surface area contributed by atoms with Crippen molar-refractivity contribution in [2.45, 2.75) is 57.3 Å². The van der Waals surface area contributed by atoms with Crippen LogP contribution in [0.2, 0.25) is 0 Å². The van der Waals surface area contributed by atoms with Crippen LogP contribution >= 0.6 is 0 Å². The third kappa shape index (κ3) is 3.95. The van der Waals surface area contributed by atoms with Gasteiger partial charge < -0.3 is 4.74 Å². The molecule has 0 aliphatic heterocycles. The molecule has 2 aromatic rings. The molecule has 0 spiro atoms. The Hall–Kier alpha value is -2.09. The molecule has 25 heavy (non-hydrogen) atoms. The Bertz CT molecular complexity index is 692. The Morgan fingerprint density at radius 2 is 1.72 bits per heavy atom. The fourth-order valence-corrected chi connectivity index (χ4v) is 3.99. The Labute approximate surface area is 151 Å². The molecule has 1 aliphatic carbocycles. The molecule has 0 amide bonds. The highest BCUT2D eigenvalue weighted by atomic mass is 16.5. The smallest absolute Gasteiger partial charge is 0.313 e. The predicted octanol–water partition coefficient (Wildman–Crippen LogP) is 5.79. The molecular formula is C23H28O2. The van der Waals surface area contributed by atoms with E-state index in [1.807, 2.05) is 6.07 Å². The van der Waals surface area contributed by atoms with E-state index in [1.54, 1.807) is 0 Å². The lowest BCUT2D eigenvalue weighted by Crippen LogP contribution is -2.25. The molecular weight excluding hydrogens is 308 g/mol. The van der Waals surface area contributed by atoms with Gasteiger partial charge in [0, 0.05) is 0 Å². The third-order valence-corrected chi connectivity index (χ3v) is 5.49. The van der Waals surface area contributed by atoms with Crippen LogP contribution in [0.15, 0.2) is 54.6 Å². The van der Waals surface area contributed by atoms with Crippen LogP contribution in [0.4, 0.5) is 0 Å². The van der Waals surface area contributed by atoms with Gasteiger partial charge in [0.2, 0.25) is 0 Å². The first-order valence-corrected chi connectivity index (χ1v) is 9.52. The molecule has 0 N–H and O–H groups in total. The van der Waals surface area contributed by atoms with Crippen molar-refractivity contribution in [2.75, 3.05) is 6.61 Å². The molecule has 3 rings (SSSR count). The predicted molar refractivity (Wildman–Crippen MR) is 102 cm³/mol. The van der Waals surface area contributed by atoms with E-state index in [9.17, 15) is 4.79 Å². The van der Waals surface area contributed by atoms with Gasteiger partial charge >= 0.3 is 5.97 Å². The average Bonchev–Trinajstić information content (AvgIpc) is 2.67. The van der Waals surface area contributed by atoms with E-state index in [0.29, 0.717) is 18.4 Å². The molecule has 132 valence electrons. The minimum atomic E-state index is -0.104. The molecule has 0 saturated heterocycles. The molecule has 0 heterocycles. The molecule has 2 aromatic carbocycles. The monoisotopic (exact) mass is 336 g/mol. The van der Waals surface area contributed by atoms with Crippen molar-refractivity contribution in [3.63, 3.8) is 0 Å². The van der Waals surface area contributed by atoms with E-state index in [4.69, 9.17) is 4.74 Å². The molecule has 0 bridgehead atoms. The zero-order chi connectivity index (χ0) is 17.6. The van der Waals surface area contributed by atoms with E-state index in [2.05, 4.69) is 62.4 Å². The van der Waals surface area contributed by atoms with Gasteiger partial charge in [-0.05, 0) is 47.8 Å². The summed E-state index contributed by atoms with van der Waals surface area (Å²) >= 11 is 0. The number of benzene rings is 2. The van der Waals surface area contributed by atoms with Crippen molar-refractivity contribution in [3.05, 3.63) is 71.3 Å². The van der Waals surface area contributed by atoms with Gasteiger partial charge in [0.15, 0.2) is 0 Å². The maximum atomic E-state index is 12.6. The SMILES string of the molecule is CCCCOC(=O)C1CCC(C(C)c2ccccc2)c2ccccc21. The molecule has 1 aliphatic rings. The number of unbranched alkanes of at least 4 members (excludes halogenated alkanes) is 1. The van der Waals surface area contributed by atoms with Gasteiger partial charge in [0.25, 0.3) is 0 Å². The number of carbonyl (C=O) groups excluding carboxylic acids is 1. The number of fused-ring (bicyclic) bond motifs is 1. The Kier molecular flexibility index (Phi) is 5.91. The fourth-order valence-electron chi connectivity index (χ4n) is 3.99. The van der Waals surface area contributed by atoms with Crippen molar-refractivity contribution in [3.8, 4) is 0 Å². The fraction of sp³-hybridized carbons (Fsp3) is 0.435. The summed E-state index contributed by atoms with van der Waals surface area (Å²) in [6, 6.07) is 19.1. The zero-order valence-corrected chi connectivity index (χ0v) is 15.3. The normalized spacial score (nSPS) is 20.6. The van der Waals surface area contributed by atoms with Crippen LogP contribution in [-0.4, -0.2) is 12.6 Å². The molecule has 2 nitrogen and oxygen atoms in total. The van der Waals surface area contributed by atoms with Crippen LogP contribution in [0.3, 0.4) is 0 Å². The summed E-state index contributed by atoms with van der Waals surface area (Å²) in [5.74, 6) is 0.747. The molecule has 0 radical (unpaired) electrons. The van der Waals surface area contributed by atoms with E-state index >= 15 is 0 Å². The summed E-state index contributed by atoms with van der Waals surface area (Å²) in [6.45, 7) is 4.95. The van der Waals surface area contributed by atoms with Crippen LogP contribution in [-0.2, 0) is 9.53 Å². The first kappa shape index (κ1) is 17.7. The minimum Gasteiger partial charge on any atom is -0.465 e. The molecule has 3 unspecified atom stereocenters. The quantitative estimate of drug-likeness (QED) is 0.492. The first-order chi connectivity index (χ1) is 12.2. The van der Waals surface area contributed by atoms with Crippen LogP contribution in [0.5, 0.6) is 0 Å². The lowest BCUT2D eigenvalue weighted by molar-refractivity contribution is -0.146. The van der Waals surface area contributed by atoms with Gasteiger partial charge in [0.1, 0.15) is 0 Å². The second kappa shape index (κ2) is 8.33. The number of esters is 1. The second-order valence-electron chi connectivity index (χ2n) is 7.09. The summed E-state index contributed by atoms with van der Waals surface area (Å²) < 4.78 is 5.52. The van der Waals surface area contributed by atoms with Gasteiger partial charge in [0.05, 0.1) is 12.5 Å². The van der Waals surface area contributed by atoms with E-state index in [0.717, 1.165) is 25.7 Å². The number of rotatable bonds is 6. The Morgan fingerprint density at radius 3 is 2.44 bits per heavy atom. The van der Waals surface area contributed by atoms with Gasteiger partial charge in [-0.15, -0.1) is 0 Å². The highest BCUT2D eigenvalue weighted by Crippen LogP contribution is 2.45. The molecule has 3 atom stereocenters. The molecule has 2 heteroatoms. The molecule has 0 saturated carbocycles. The number of ether oxygens (including phenoxy) is 1. The van der Waals surface area contributed by atoms with E-state index in [1.165, 1.54) is 16.7 Å². The summed E-state index contributed by atoms with van der Waals surface area (Å²) in [4.78, 5) is 12.6. The van der Waals surface area contributed by atoms with Crippen LogP contribution < -0.4 is 0 Å². The van der Waals surface area contributed by atoms with Crippen LogP contribution in [0, 0.1) is 0 Å². The molecule has 0 aromatic heterocycles. The van der Waals surface area contributed by atoms with Crippen molar-refractivity contribution < 1.29 is 9.53 Å². The summed E-state index contributed by atoms with van der Waals surface area (Å²) in [7, 11) is 0. The summed E-state index contributed by atoms with van der Waals surface area (Å²) in [5, 5.41) is 0. The van der Waals surface area contributed by atoms with Gasteiger partial charge in [-0.25, -0.2) is 0 Å². The standard InChI is InChI=1S/C23H28O2/c1-3-4-16-25-23(24)22-15-14-19(20-12-8-9-13-21(20)22)17(2)18-10-6-5-7-11-18/h5-13,17,19,22H,3-4,14-16H2,1-2H3. The lowest BCUT2D eigenvalue weighted by Gasteiger charge is -2.34. The van der Waals surface area contributed by atoms with E-state index < -0.39 is 0 Å². The minimum absolute atomic E-state index is 0.0493. The Morgan fingerprint density at radius 1 is 1.04 bits per heavy atom. The van der Waals surface area contributed by atoms with Crippen molar-refractivity contribution in [1.29, 1.82) is 0 Å². The van der Waals surface area contributed by atoms with Gasteiger partial charge in [-0.2, -0.15) is 0 Å². The summed E-state index contributed by atoms with van der Waals surface area (Å²) in [6.07, 6.45) is 3.89. The Balaban J connectivity index is 1.82. The van der Waals surface area contributed by atoms with Crippen LogP contribution in [0.1, 0.15) is 74.0 Å². The van der Waals surface area contributed by atoms with Gasteiger partial charge in [-0.1, -0.05) is 74.9 Å². The van der Waals surface area contributed by atoms with Crippen molar-refractivity contribution >= 4 is 5.97 Å². The van der Waals surface area contributed by atoms with Crippen molar-refractivity contribution in [1.82, 2.24) is 0 Å². The topological polar surface area (TPSA) is 26.3 Å². The number of hydrogen-bond donors (Lipinski definition) is 0. The van der Waals surface area contributed by atoms with Crippen LogP contribution in [0.25, 0.3) is 0 Å². The average molecular weight is 336 g/mol. The number of carbonyl (C=O) groups is 1. The van der Waals surface area contributed by atoms with Gasteiger partial charge in [-0.3, -0.25) is 4.79 Å². The maximum absolute atomic E-state index is 12.6. The third-order valence-electron chi connectivity index (χ3n) is 5.49. The maximum Gasteiger partial charge on any atom is 0.313 e. The lowest BCUT2D eigenvalue weighted by atomic mass is 9.70. The summed E-state index contributed by atoms with van der Waals surface area (Å²) in [5.41, 5.74) is 3.86. The van der Waals surface area contributed by atoms with E-state index in [-0.39, 0.29) is 11.9 Å². The highest BCUT2D eigenvalue weighted by Gasteiger charge is 2.34. The zero-order valence-electron chi connectivity index (χ0n) is 15.3. The first-order valence-electron chi connectivity index (χ1n) is 9.52. The largest absolute Gasteiger partial charge is 0.465 e. The van der Waals surface area contributed by atoms with Crippen molar-refractivity contribution in [2.24, 2.45) is 0 Å². The number of hydrogen-bond acceptors (Lipinski definition) is 2. The molecule has 0 fully saturated rings. The highest BCUT2D eigenvalue weighted by molar-refractivity contribution is 5.79.